The van der Waals surface area contributed by atoms with Crippen LogP contribution in [-0.2, 0) is 4.79 Å². The Bertz CT molecular complexity index is 140. The topological polar surface area (TPSA) is 40.5 Å². The highest BCUT2D eigenvalue weighted by molar-refractivity contribution is 8.00. The molecule has 1 N–H and O–H groups in total. The zero-order valence-electron chi connectivity index (χ0n) is 5.91. The molecular formula is C6H11NO2S. The van der Waals surface area contributed by atoms with Crippen molar-refractivity contribution >= 4 is 17.7 Å². The lowest BCUT2D eigenvalue weighted by Crippen LogP contribution is -2.40. The molecule has 4 heteroatoms. The van der Waals surface area contributed by atoms with E-state index in [4.69, 9.17) is 5.11 Å². The van der Waals surface area contributed by atoms with E-state index < -0.39 is 0 Å². The molecule has 1 heterocycles. The predicted molar refractivity (Wildman–Crippen MR) is 41.0 cm³/mol. The van der Waals surface area contributed by atoms with Gasteiger partial charge >= 0.3 is 0 Å². The number of carbonyl (C=O) groups is 1. The van der Waals surface area contributed by atoms with Crippen LogP contribution in [0.4, 0.5) is 0 Å². The first kappa shape index (κ1) is 7.88. The summed E-state index contributed by atoms with van der Waals surface area (Å²) in [6.07, 6.45) is 0. The van der Waals surface area contributed by atoms with Gasteiger partial charge in [-0.25, -0.2) is 0 Å². The molecule has 58 valence electrons. The van der Waals surface area contributed by atoms with E-state index in [1.807, 2.05) is 0 Å². The number of hydrogen-bond acceptors (Lipinski definition) is 3. The van der Waals surface area contributed by atoms with Crippen molar-refractivity contribution in [2.75, 3.05) is 26.0 Å². The maximum atomic E-state index is 10.9. The van der Waals surface area contributed by atoms with Crippen molar-refractivity contribution in [2.45, 2.75) is 5.25 Å². The molecule has 1 amide bonds. The number of rotatable bonds is 1. The second-order valence-corrected chi connectivity index (χ2v) is 3.68. The highest BCUT2D eigenvalue weighted by atomic mass is 32.2. The minimum Gasteiger partial charge on any atom is -0.395 e. The van der Waals surface area contributed by atoms with Crippen LogP contribution in [0.25, 0.3) is 0 Å². The third-order valence-electron chi connectivity index (χ3n) is 1.55. The lowest BCUT2D eigenvalue weighted by molar-refractivity contribution is -0.127. The molecule has 0 spiro atoms. The van der Waals surface area contributed by atoms with Crippen LogP contribution in [-0.4, -0.2) is 47.1 Å². The van der Waals surface area contributed by atoms with E-state index >= 15 is 0 Å². The smallest absolute Gasteiger partial charge is 0.232 e. The van der Waals surface area contributed by atoms with Crippen LogP contribution in [0.3, 0.4) is 0 Å². The van der Waals surface area contributed by atoms with Crippen LogP contribution in [0.15, 0.2) is 0 Å². The maximum absolute atomic E-state index is 10.9. The van der Waals surface area contributed by atoms with Crippen LogP contribution in [0, 0.1) is 0 Å². The average molecular weight is 161 g/mol. The molecule has 0 aromatic heterocycles. The second kappa shape index (κ2) is 3.25. The molecule has 1 aliphatic heterocycles. The summed E-state index contributed by atoms with van der Waals surface area (Å²) >= 11 is 1.53. The van der Waals surface area contributed by atoms with Crippen molar-refractivity contribution in [2.24, 2.45) is 0 Å². The van der Waals surface area contributed by atoms with Gasteiger partial charge in [-0.3, -0.25) is 4.79 Å². The molecule has 1 saturated heterocycles. The lowest BCUT2D eigenvalue weighted by Gasteiger charge is -2.27. The monoisotopic (exact) mass is 161 g/mol. The van der Waals surface area contributed by atoms with E-state index in [-0.39, 0.29) is 17.8 Å². The summed E-state index contributed by atoms with van der Waals surface area (Å²) in [4.78, 5) is 12.5. The van der Waals surface area contributed by atoms with Gasteiger partial charge in [0, 0.05) is 18.8 Å². The first-order valence-corrected chi connectivity index (χ1v) is 4.25. The first-order chi connectivity index (χ1) is 4.74. The molecule has 0 aromatic carbocycles. The van der Waals surface area contributed by atoms with E-state index in [0.29, 0.717) is 12.3 Å². The van der Waals surface area contributed by atoms with Crippen LogP contribution in [0.1, 0.15) is 0 Å². The molecule has 3 nitrogen and oxygen atoms in total. The SMILES string of the molecule is CN1CC(CO)SCC1=O. The molecular weight excluding hydrogens is 150 g/mol. The molecule has 0 aromatic rings. The average Bonchev–Trinajstić information content (AvgIpc) is 1.95. The van der Waals surface area contributed by atoms with E-state index in [9.17, 15) is 4.79 Å². The summed E-state index contributed by atoms with van der Waals surface area (Å²) in [7, 11) is 1.77. The fourth-order valence-corrected chi connectivity index (χ4v) is 1.90. The van der Waals surface area contributed by atoms with Gasteiger partial charge in [-0.2, -0.15) is 0 Å². The Kier molecular flexibility index (Phi) is 2.56. The van der Waals surface area contributed by atoms with Gasteiger partial charge in [0.05, 0.1) is 12.4 Å². The zero-order chi connectivity index (χ0) is 7.56. The molecule has 0 saturated carbocycles. The van der Waals surface area contributed by atoms with Crippen LogP contribution < -0.4 is 0 Å². The quantitative estimate of drug-likeness (QED) is 0.566. The van der Waals surface area contributed by atoms with Crippen molar-refractivity contribution in [1.82, 2.24) is 4.90 Å². The van der Waals surface area contributed by atoms with Gasteiger partial charge in [-0.05, 0) is 0 Å². The van der Waals surface area contributed by atoms with Gasteiger partial charge in [-0.1, -0.05) is 0 Å². The summed E-state index contributed by atoms with van der Waals surface area (Å²) in [6, 6.07) is 0. The fraction of sp³-hybridized carbons (Fsp3) is 0.833. The number of amides is 1. The van der Waals surface area contributed by atoms with Gasteiger partial charge in [-0.15, -0.1) is 11.8 Å². The number of aliphatic hydroxyl groups is 1. The van der Waals surface area contributed by atoms with Crippen molar-refractivity contribution in [1.29, 1.82) is 0 Å². The van der Waals surface area contributed by atoms with E-state index in [1.54, 1.807) is 11.9 Å². The summed E-state index contributed by atoms with van der Waals surface area (Å²) in [6.45, 7) is 0.849. The maximum Gasteiger partial charge on any atom is 0.232 e. The van der Waals surface area contributed by atoms with E-state index in [2.05, 4.69) is 0 Å². The number of carbonyl (C=O) groups excluding carboxylic acids is 1. The third kappa shape index (κ3) is 1.64. The molecule has 1 fully saturated rings. The van der Waals surface area contributed by atoms with Gasteiger partial charge in [0.2, 0.25) is 5.91 Å². The Hall–Kier alpha value is -0.220. The highest BCUT2D eigenvalue weighted by Crippen LogP contribution is 2.17. The molecule has 1 aliphatic rings. The van der Waals surface area contributed by atoms with Crippen molar-refractivity contribution < 1.29 is 9.90 Å². The number of nitrogens with zero attached hydrogens (tertiary/aromatic N) is 1. The molecule has 0 bridgehead atoms. The van der Waals surface area contributed by atoms with Gasteiger partial charge in [0.25, 0.3) is 0 Å². The third-order valence-corrected chi connectivity index (χ3v) is 2.73. The van der Waals surface area contributed by atoms with Gasteiger partial charge < -0.3 is 10.0 Å². The van der Waals surface area contributed by atoms with Gasteiger partial charge in [0.15, 0.2) is 0 Å². The Morgan fingerprint density at radius 1 is 1.90 bits per heavy atom. The molecule has 1 atom stereocenters. The summed E-state index contributed by atoms with van der Waals surface area (Å²) in [5.41, 5.74) is 0. The molecule has 1 rings (SSSR count). The summed E-state index contributed by atoms with van der Waals surface area (Å²) in [5.74, 6) is 0.677. The summed E-state index contributed by atoms with van der Waals surface area (Å²) < 4.78 is 0. The minimum absolute atomic E-state index is 0.162. The van der Waals surface area contributed by atoms with Crippen molar-refractivity contribution in [3.63, 3.8) is 0 Å². The van der Waals surface area contributed by atoms with Crippen molar-refractivity contribution in [3.8, 4) is 0 Å². The van der Waals surface area contributed by atoms with Crippen molar-refractivity contribution in [3.05, 3.63) is 0 Å². The molecule has 0 aliphatic carbocycles. The normalized spacial score (nSPS) is 27.2. The Morgan fingerprint density at radius 3 is 3.10 bits per heavy atom. The van der Waals surface area contributed by atoms with E-state index in [0.717, 1.165) is 0 Å². The zero-order valence-corrected chi connectivity index (χ0v) is 6.73. The van der Waals surface area contributed by atoms with Gasteiger partial charge in [0.1, 0.15) is 0 Å². The van der Waals surface area contributed by atoms with E-state index in [1.165, 1.54) is 11.8 Å². The second-order valence-electron chi connectivity index (χ2n) is 2.39. The minimum atomic E-state index is 0.162. The molecule has 10 heavy (non-hydrogen) atoms. The standard InChI is InChI=1S/C6H11NO2S/c1-7-2-5(3-8)10-4-6(7)9/h5,8H,2-4H2,1H3. The first-order valence-electron chi connectivity index (χ1n) is 3.20. The number of hydrogen-bond donors (Lipinski definition) is 1. The fourth-order valence-electron chi connectivity index (χ4n) is 0.870. The Morgan fingerprint density at radius 2 is 2.60 bits per heavy atom. The Balaban J connectivity index is 2.40. The van der Waals surface area contributed by atoms with Crippen LogP contribution in [0.5, 0.6) is 0 Å². The molecule has 1 unspecified atom stereocenters. The van der Waals surface area contributed by atoms with Crippen LogP contribution >= 0.6 is 11.8 Å². The highest BCUT2D eigenvalue weighted by Gasteiger charge is 2.22. The van der Waals surface area contributed by atoms with Crippen LogP contribution in [0.2, 0.25) is 0 Å². The Labute approximate surface area is 64.4 Å². The largest absolute Gasteiger partial charge is 0.395 e. The summed E-state index contributed by atoms with van der Waals surface area (Å²) in [5, 5.41) is 8.96. The predicted octanol–water partition coefficient (Wildman–Crippen LogP) is -0.448. The number of aliphatic hydroxyl groups excluding tert-OH is 1. The molecule has 0 radical (unpaired) electrons. The lowest BCUT2D eigenvalue weighted by atomic mass is 10.4. The number of thioether (sulfide) groups is 1.